The maximum atomic E-state index is 12.5. The summed E-state index contributed by atoms with van der Waals surface area (Å²) in [5.41, 5.74) is 2.15. The molecule has 2 heterocycles. The van der Waals surface area contributed by atoms with E-state index in [1.807, 2.05) is 20.8 Å². The predicted octanol–water partition coefficient (Wildman–Crippen LogP) is 3.66. The van der Waals surface area contributed by atoms with Crippen LogP contribution >= 0.6 is 0 Å². The number of piperazine rings is 1. The third kappa shape index (κ3) is 8.22. The van der Waals surface area contributed by atoms with Gasteiger partial charge in [-0.3, -0.25) is 9.69 Å². The Labute approximate surface area is 199 Å². The molecule has 0 aliphatic carbocycles. The van der Waals surface area contributed by atoms with Gasteiger partial charge < -0.3 is 19.9 Å². The molecule has 1 N–H and O–H groups in total. The molecule has 0 bridgehead atoms. The highest BCUT2D eigenvalue weighted by molar-refractivity contribution is 5.79. The molecule has 0 saturated carbocycles. The van der Waals surface area contributed by atoms with Crippen LogP contribution in [-0.4, -0.2) is 79.8 Å². The van der Waals surface area contributed by atoms with Crippen molar-refractivity contribution in [2.75, 3.05) is 57.3 Å². The molecule has 7 heteroatoms. The first-order valence-electron chi connectivity index (χ1n) is 12.5. The fourth-order valence-corrected chi connectivity index (χ4v) is 4.52. The molecule has 2 saturated heterocycles. The van der Waals surface area contributed by atoms with Gasteiger partial charge in [-0.1, -0.05) is 12.1 Å². The zero-order valence-electron chi connectivity index (χ0n) is 20.9. The van der Waals surface area contributed by atoms with Crippen molar-refractivity contribution in [3.63, 3.8) is 0 Å². The van der Waals surface area contributed by atoms with Crippen LogP contribution < -0.4 is 10.2 Å². The van der Waals surface area contributed by atoms with E-state index in [9.17, 15) is 9.59 Å². The summed E-state index contributed by atoms with van der Waals surface area (Å²) in [4.78, 5) is 31.4. The second kappa shape index (κ2) is 11.7. The third-order valence-electron chi connectivity index (χ3n) is 6.46. The Morgan fingerprint density at radius 3 is 2.36 bits per heavy atom. The zero-order chi connectivity index (χ0) is 23.8. The minimum Gasteiger partial charge on any atom is -0.444 e. The van der Waals surface area contributed by atoms with Gasteiger partial charge in [0.15, 0.2) is 0 Å². The molecule has 2 amide bonds. The first kappa shape index (κ1) is 25.3. The molecule has 1 aromatic rings. The quantitative estimate of drug-likeness (QED) is 0.632. The van der Waals surface area contributed by atoms with Gasteiger partial charge in [-0.25, -0.2) is 4.79 Å². The van der Waals surface area contributed by atoms with E-state index in [-0.39, 0.29) is 17.9 Å². The standard InChI is InChI=1S/C26H42N4O3/c1-21-8-7-9-23(20-21)29-18-16-28(17-19-29)13-6-5-12-27-24(31)22-10-14-30(15-11-22)25(32)33-26(2,3)4/h7-9,20,22H,5-6,10-19H2,1-4H3,(H,27,31). The molecule has 0 unspecified atom stereocenters. The van der Waals surface area contributed by atoms with E-state index in [4.69, 9.17) is 4.74 Å². The molecule has 3 rings (SSSR count). The number of piperidine rings is 1. The average molecular weight is 459 g/mol. The fourth-order valence-electron chi connectivity index (χ4n) is 4.52. The molecule has 184 valence electrons. The number of anilines is 1. The van der Waals surface area contributed by atoms with Gasteiger partial charge in [-0.05, 0) is 77.6 Å². The Bertz CT molecular complexity index is 776. The van der Waals surface area contributed by atoms with E-state index in [0.717, 1.165) is 52.1 Å². The Hall–Kier alpha value is -2.28. The summed E-state index contributed by atoms with van der Waals surface area (Å²) < 4.78 is 5.43. The summed E-state index contributed by atoms with van der Waals surface area (Å²) in [7, 11) is 0. The third-order valence-corrected chi connectivity index (χ3v) is 6.46. The average Bonchev–Trinajstić information content (AvgIpc) is 2.78. The number of nitrogens with one attached hydrogen (secondary N) is 1. The van der Waals surface area contributed by atoms with Gasteiger partial charge >= 0.3 is 6.09 Å². The summed E-state index contributed by atoms with van der Waals surface area (Å²) in [6, 6.07) is 8.74. The number of rotatable bonds is 7. The number of nitrogens with zero attached hydrogens (tertiary/aromatic N) is 3. The van der Waals surface area contributed by atoms with Crippen LogP contribution in [0.15, 0.2) is 24.3 Å². The zero-order valence-corrected chi connectivity index (χ0v) is 20.9. The first-order chi connectivity index (χ1) is 15.7. The van der Waals surface area contributed by atoms with Gasteiger partial charge in [0.05, 0.1) is 0 Å². The van der Waals surface area contributed by atoms with Crippen molar-refractivity contribution in [3.05, 3.63) is 29.8 Å². The van der Waals surface area contributed by atoms with Crippen LogP contribution in [0.25, 0.3) is 0 Å². The Morgan fingerprint density at radius 1 is 1.03 bits per heavy atom. The van der Waals surface area contributed by atoms with Crippen molar-refractivity contribution in [1.82, 2.24) is 15.1 Å². The highest BCUT2D eigenvalue weighted by Gasteiger charge is 2.29. The lowest BCUT2D eigenvalue weighted by molar-refractivity contribution is -0.126. The van der Waals surface area contributed by atoms with Crippen molar-refractivity contribution < 1.29 is 14.3 Å². The number of unbranched alkanes of at least 4 members (excludes halogenated alkanes) is 1. The number of likely N-dealkylation sites (tertiary alicyclic amines) is 1. The van der Waals surface area contributed by atoms with E-state index >= 15 is 0 Å². The number of ether oxygens (including phenoxy) is 1. The predicted molar refractivity (Wildman–Crippen MR) is 133 cm³/mol. The van der Waals surface area contributed by atoms with Crippen molar-refractivity contribution >= 4 is 17.7 Å². The fraction of sp³-hybridized carbons (Fsp3) is 0.692. The van der Waals surface area contributed by atoms with E-state index in [1.54, 1.807) is 4.90 Å². The number of hydrogen-bond acceptors (Lipinski definition) is 5. The van der Waals surface area contributed by atoms with Gasteiger partial charge in [0.25, 0.3) is 0 Å². The largest absolute Gasteiger partial charge is 0.444 e. The molecule has 0 aromatic heterocycles. The number of carbonyl (C=O) groups excluding carboxylic acids is 2. The molecule has 1 aromatic carbocycles. The van der Waals surface area contributed by atoms with Crippen molar-refractivity contribution in [2.24, 2.45) is 5.92 Å². The van der Waals surface area contributed by atoms with Gasteiger partial charge in [0, 0.05) is 57.4 Å². The van der Waals surface area contributed by atoms with E-state index in [0.29, 0.717) is 25.9 Å². The van der Waals surface area contributed by atoms with E-state index < -0.39 is 5.60 Å². The normalized spacial score (nSPS) is 18.3. The van der Waals surface area contributed by atoms with Gasteiger partial charge in [0.2, 0.25) is 5.91 Å². The summed E-state index contributed by atoms with van der Waals surface area (Å²) in [6.07, 6.45) is 3.23. The lowest BCUT2D eigenvalue weighted by Gasteiger charge is -2.36. The van der Waals surface area contributed by atoms with Crippen molar-refractivity contribution in [1.29, 1.82) is 0 Å². The van der Waals surface area contributed by atoms with Crippen LogP contribution in [0.5, 0.6) is 0 Å². The molecule has 2 aliphatic rings. The summed E-state index contributed by atoms with van der Waals surface area (Å²) in [6.45, 7) is 15.1. The summed E-state index contributed by atoms with van der Waals surface area (Å²) in [5, 5.41) is 3.11. The summed E-state index contributed by atoms with van der Waals surface area (Å²) >= 11 is 0. The van der Waals surface area contributed by atoms with Crippen LogP contribution in [0.4, 0.5) is 10.5 Å². The molecule has 7 nitrogen and oxygen atoms in total. The van der Waals surface area contributed by atoms with Crippen LogP contribution in [0, 0.1) is 12.8 Å². The maximum Gasteiger partial charge on any atom is 0.410 e. The topological polar surface area (TPSA) is 65.1 Å². The Morgan fingerprint density at radius 2 is 1.73 bits per heavy atom. The molecule has 0 atom stereocenters. The smallest absolute Gasteiger partial charge is 0.410 e. The molecule has 2 aliphatic heterocycles. The monoisotopic (exact) mass is 458 g/mol. The number of benzene rings is 1. The second-order valence-corrected chi connectivity index (χ2v) is 10.4. The molecule has 2 fully saturated rings. The van der Waals surface area contributed by atoms with E-state index in [2.05, 4.69) is 46.3 Å². The second-order valence-electron chi connectivity index (χ2n) is 10.4. The van der Waals surface area contributed by atoms with Crippen LogP contribution in [-0.2, 0) is 9.53 Å². The highest BCUT2D eigenvalue weighted by Crippen LogP contribution is 2.20. The maximum absolute atomic E-state index is 12.5. The van der Waals surface area contributed by atoms with Crippen molar-refractivity contribution in [2.45, 2.75) is 59.0 Å². The number of aryl methyl sites for hydroxylation is 1. The Kier molecular flexibility index (Phi) is 9.01. The molecule has 33 heavy (non-hydrogen) atoms. The van der Waals surface area contributed by atoms with Gasteiger partial charge in [-0.2, -0.15) is 0 Å². The number of amides is 2. The SMILES string of the molecule is Cc1cccc(N2CCN(CCCCNC(=O)C3CCN(C(=O)OC(C)(C)C)CC3)CC2)c1. The lowest BCUT2D eigenvalue weighted by Crippen LogP contribution is -2.46. The Balaban J connectivity index is 1.25. The number of hydrogen-bond donors (Lipinski definition) is 1. The minimum absolute atomic E-state index is 0.00149. The van der Waals surface area contributed by atoms with Crippen LogP contribution in [0.1, 0.15) is 52.0 Å². The molecular formula is C26H42N4O3. The van der Waals surface area contributed by atoms with Crippen LogP contribution in [0.3, 0.4) is 0 Å². The number of carbonyl (C=O) groups is 2. The minimum atomic E-state index is -0.486. The summed E-state index contributed by atoms with van der Waals surface area (Å²) in [5.74, 6) is 0.129. The lowest BCUT2D eigenvalue weighted by atomic mass is 9.96. The highest BCUT2D eigenvalue weighted by atomic mass is 16.6. The van der Waals surface area contributed by atoms with E-state index in [1.165, 1.54) is 11.3 Å². The van der Waals surface area contributed by atoms with Crippen LogP contribution in [0.2, 0.25) is 0 Å². The molecular weight excluding hydrogens is 416 g/mol. The van der Waals surface area contributed by atoms with Crippen molar-refractivity contribution in [3.8, 4) is 0 Å². The van der Waals surface area contributed by atoms with Gasteiger partial charge in [0.1, 0.15) is 5.60 Å². The molecule has 0 radical (unpaired) electrons. The van der Waals surface area contributed by atoms with Gasteiger partial charge in [-0.15, -0.1) is 0 Å². The first-order valence-corrected chi connectivity index (χ1v) is 12.5. The molecule has 0 spiro atoms.